The lowest BCUT2D eigenvalue weighted by molar-refractivity contribution is 0.102. The smallest absolute Gasteiger partial charge is 0.346 e. The van der Waals surface area contributed by atoms with E-state index in [-0.39, 0.29) is 34.3 Å². The Morgan fingerprint density at radius 1 is 1.35 bits per heavy atom. The van der Waals surface area contributed by atoms with Crippen LogP contribution in [0.2, 0.25) is 5.15 Å². The minimum atomic E-state index is -0.693. The number of halogens is 1. The first-order chi connectivity index (χ1) is 12.3. The molecule has 0 aromatic carbocycles. The van der Waals surface area contributed by atoms with Crippen LogP contribution < -0.4 is 33.1 Å². The molecule has 0 bridgehead atoms. The monoisotopic (exact) mass is 379 g/mol. The highest BCUT2D eigenvalue weighted by Gasteiger charge is 2.23. The van der Waals surface area contributed by atoms with Crippen molar-refractivity contribution in [3.8, 4) is 0 Å². The Kier molecular flexibility index (Phi) is 4.91. The number of carbonyl (C=O) groups excluding carboxylic acids is 1. The molecule has 1 aliphatic rings. The van der Waals surface area contributed by atoms with E-state index in [4.69, 9.17) is 28.8 Å². The number of piperidine rings is 1. The summed E-state index contributed by atoms with van der Waals surface area (Å²) in [7, 11) is 0. The van der Waals surface area contributed by atoms with Crippen molar-refractivity contribution in [3.05, 3.63) is 27.5 Å². The highest BCUT2D eigenvalue weighted by Crippen LogP contribution is 2.25. The number of amides is 1. The summed E-state index contributed by atoms with van der Waals surface area (Å²) < 4.78 is 0. The Morgan fingerprint density at radius 2 is 2.12 bits per heavy atom. The van der Waals surface area contributed by atoms with Gasteiger partial charge >= 0.3 is 5.69 Å². The minimum absolute atomic E-state index is 0.00311. The molecule has 1 saturated heterocycles. The molecule has 1 atom stereocenters. The van der Waals surface area contributed by atoms with Crippen molar-refractivity contribution in [2.75, 3.05) is 34.8 Å². The highest BCUT2D eigenvalue weighted by molar-refractivity contribution is 6.31. The average molecular weight is 380 g/mol. The van der Waals surface area contributed by atoms with Crippen LogP contribution in [0.25, 0.3) is 0 Å². The number of carbonyl (C=O) groups is 1. The first-order valence-electron chi connectivity index (χ1n) is 7.85. The van der Waals surface area contributed by atoms with E-state index in [1.54, 1.807) is 0 Å². The predicted molar refractivity (Wildman–Crippen MR) is 98.1 cm³/mol. The normalized spacial score (nSPS) is 17.2. The van der Waals surface area contributed by atoms with Crippen molar-refractivity contribution in [3.63, 3.8) is 0 Å². The van der Waals surface area contributed by atoms with E-state index in [0.29, 0.717) is 12.2 Å². The molecule has 1 aliphatic heterocycles. The van der Waals surface area contributed by atoms with Crippen LogP contribution in [0.5, 0.6) is 0 Å². The lowest BCUT2D eigenvalue weighted by Crippen LogP contribution is -2.43. The number of H-pyrrole nitrogens is 1. The quantitative estimate of drug-likeness (QED) is 0.471. The standard InChI is InChI=1S/C14H18ClN9O2/c15-9-11(18)21-10(17)8(20-9)13(25)22-12-7(4-19-14(26)23-12)24-3-1-2-6(16)5-24/h4,6H,1-3,5,16H2,(H4,17,18,21)(H2,19,22,23,25,26). The van der Waals surface area contributed by atoms with Gasteiger partial charge in [0.25, 0.3) is 5.91 Å². The fourth-order valence-corrected chi connectivity index (χ4v) is 2.86. The molecular formula is C14H18ClN9O2. The van der Waals surface area contributed by atoms with E-state index in [2.05, 4.69) is 25.3 Å². The van der Waals surface area contributed by atoms with Gasteiger partial charge in [0.2, 0.25) is 0 Å². The van der Waals surface area contributed by atoms with Crippen molar-refractivity contribution >= 4 is 40.6 Å². The predicted octanol–water partition coefficient (Wildman–Crippen LogP) is -0.443. The first kappa shape index (κ1) is 17.9. The maximum Gasteiger partial charge on any atom is 0.346 e. The van der Waals surface area contributed by atoms with Gasteiger partial charge < -0.3 is 27.4 Å². The number of anilines is 4. The number of aromatic nitrogens is 4. The second kappa shape index (κ2) is 7.14. The number of hydrogen-bond acceptors (Lipinski definition) is 9. The van der Waals surface area contributed by atoms with Gasteiger partial charge in [0.15, 0.2) is 22.5 Å². The maximum atomic E-state index is 12.5. The zero-order valence-corrected chi connectivity index (χ0v) is 14.5. The summed E-state index contributed by atoms with van der Waals surface area (Å²) in [6.45, 7) is 1.30. The van der Waals surface area contributed by atoms with Gasteiger partial charge in [-0.1, -0.05) is 11.6 Å². The van der Waals surface area contributed by atoms with E-state index >= 15 is 0 Å². The van der Waals surface area contributed by atoms with Gasteiger partial charge in [-0.3, -0.25) is 9.78 Å². The molecule has 2 aromatic rings. The van der Waals surface area contributed by atoms with E-state index in [1.165, 1.54) is 6.20 Å². The molecule has 12 heteroatoms. The van der Waals surface area contributed by atoms with E-state index in [9.17, 15) is 9.59 Å². The number of nitrogens with two attached hydrogens (primary N) is 3. The average Bonchev–Trinajstić information content (AvgIpc) is 2.58. The second-order valence-corrected chi connectivity index (χ2v) is 6.24. The summed E-state index contributed by atoms with van der Waals surface area (Å²) in [5.41, 5.74) is 16.9. The van der Waals surface area contributed by atoms with Crippen LogP contribution in [0.15, 0.2) is 11.0 Å². The van der Waals surface area contributed by atoms with Gasteiger partial charge in [-0.2, -0.15) is 4.98 Å². The molecule has 1 amide bonds. The summed E-state index contributed by atoms with van der Waals surface area (Å²) in [5, 5.41) is 2.42. The number of nitrogen functional groups attached to an aromatic ring is 2. The molecule has 2 aromatic heterocycles. The lowest BCUT2D eigenvalue weighted by atomic mass is 10.1. The van der Waals surface area contributed by atoms with Gasteiger partial charge in [-0.15, -0.1) is 0 Å². The molecule has 0 spiro atoms. The summed E-state index contributed by atoms with van der Waals surface area (Å²) in [5.74, 6) is -0.789. The maximum absolute atomic E-state index is 12.5. The summed E-state index contributed by atoms with van der Waals surface area (Å²) in [6.07, 6.45) is 3.18. The van der Waals surface area contributed by atoms with Crippen LogP contribution in [0.1, 0.15) is 23.3 Å². The third-order valence-corrected chi connectivity index (χ3v) is 4.23. The molecule has 8 N–H and O–H groups in total. The Hall–Kier alpha value is -2.92. The topological polar surface area (TPSA) is 182 Å². The van der Waals surface area contributed by atoms with Gasteiger partial charge in [0.05, 0.1) is 11.9 Å². The lowest BCUT2D eigenvalue weighted by Gasteiger charge is -2.33. The van der Waals surface area contributed by atoms with Crippen molar-refractivity contribution in [1.82, 2.24) is 19.9 Å². The molecule has 0 saturated carbocycles. The van der Waals surface area contributed by atoms with E-state index in [0.717, 1.165) is 19.4 Å². The van der Waals surface area contributed by atoms with Crippen LogP contribution in [0, 0.1) is 0 Å². The number of aromatic amines is 1. The summed E-state index contributed by atoms with van der Waals surface area (Å²) in [4.78, 5) is 39.9. The van der Waals surface area contributed by atoms with Gasteiger partial charge in [0, 0.05) is 19.1 Å². The molecule has 26 heavy (non-hydrogen) atoms. The third-order valence-electron chi connectivity index (χ3n) is 3.95. The van der Waals surface area contributed by atoms with E-state index in [1.807, 2.05) is 4.90 Å². The van der Waals surface area contributed by atoms with Crippen molar-refractivity contribution in [2.45, 2.75) is 18.9 Å². The Balaban J connectivity index is 1.92. The molecule has 0 aliphatic carbocycles. The largest absolute Gasteiger partial charge is 0.382 e. The van der Waals surface area contributed by atoms with Crippen LogP contribution >= 0.6 is 11.6 Å². The van der Waals surface area contributed by atoms with E-state index < -0.39 is 11.6 Å². The van der Waals surface area contributed by atoms with Gasteiger partial charge in [0.1, 0.15) is 5.82 Å². The molecular weight excluding hydrogens is 362 g/mol. The van der Waals surface area contributed by atoms with Gasteiger partial charge in [-0.05, 0) is 12.8 Å². The van der Waals surface area contributed by atoms with Crippen molar-refractivity contribution in [2.24, 2.45) is 5.73 Å². The van der Waals surface area contributed by atoms with Crippen molar-refractivity contribution < 1.29 is 4.79 Å². The third kappa shape index (κ3) is 3.68. The Bertz CT molecular complexity index is 900. The van der Waals surface area contributed by atoms with Crippen LogP contribution in [-0.4, -0.2) is 45.0 Å². The molecule has 1 fully saturated rings. The molecule has 3 rings (SSSR count). The number of hydrogen-bond donors (Lipinski definition) is 5. The fourth-order valence-electron chi connectivity index (χ4n) is 2.73. The zero-order valence-electron chi connectivity index (χ0n) is 13.7. The minimum Gasteiger partial charge on any atom is -0.382 e. The number of nitrogens with zero attached hydrogens (tertiary/aromatic N) is 4. The number of nitrogens with one attached hydrogen (secondary N) is 2. The fraction of sp³-hybridized carbons (Fsp3) is 0.357. The number of rotatable bonds is 3. The Labute approximate surface area is 153 Å². The zero-order chi connectivity index (χ0) is 18.8. The summed E-state index contributed by atoms with van der Waals surface area (Å²) >= 11 is 5.80. The Morgan fingerprint density at radius 3 is 2.85 bits per heavy atom. The summed E-state index contributed by atoms with van der Waals surface area (Å²) in [6, 6.07) is -0.00311. The van der Waals surface area contributed by atoms with Crippen molar-refractivity contribution in [1.29, 1.82) is 0 Å². The molecule has 3 heterocycles. The first-order valence-corrected chi connectivity index (χ1v) is 8.22. The molecule has 1 unspecified atom stereocenters. The van der Waals surface area contributed by atoms with Crippen LogP contribution in [-0.2, 0) is 0 Å². The van der Waals surface area contributed by atoms with Crippen LogP contribution in [0.3, 0.4) is 0 Å². The molecule has 11 nitrogen and oxygen atoms in total. The molecule has 0 radical (unpaired) electrons. The highest BCUT2D eigenvalue weighted by atomic mass is 35.5. The SMILES string of the molecule is Nc1nc(N)c(C(=O)Nc2[nH]c(=O)ncc2N2CCCC(N)C2)nc1Cl. The van der Waals surface area contributed by atoms with Gasteiger partial charge in [-0.25, -0.2) is 14.8 Å². The molecule has 138 valence electrons. The second-order valence-electron chi connectivity index (χ2n) is 5.88. The van der Waals surface area contributed by atoms with Crippen LogP contribution in [0.4, 0.5) is 23.1 Å².